The van der Waals surface area contributed by atoms with Crippen molar-refractivity contribution in [2.24, 2.45) is 5.10 Å². The summed E-state index contributed by atoms with van der Waals surface area (Å²) in [7, 11) is 0. The zero-order valence-electron chi connectivity index (χ0n) is 17.3. The van der Waals surface area contributed by atoms with Crippen molar-refractivity contribution in [2.45, 2.75) is 32.7 Å². The molecule has 1 aliphatic rings. The van der Waals surface area contributed by atoms with Crippen LogP contribution in [0.1, 0.15) is 44.1 Å². The van der Waals surface area contributed by atoms with E-state index in [-0.39, 0.29) is 11.9 Å². The number of aromatic amines is 1. The molecule has 1 aliphatic heterocycles. The Bertz CT molecular complexity index is 1020. The van der Waals surface area contributed by atoms with Crippen LogP contribution in [-0.4, -0.2) is 51.1 Å². The first-order chi connectivity index (χ1) is 14.6. The molecule has 0 aliphatic carbocycles. The molecular formula is C23H26BrN5O. The minimum atomic E-state index is -0.222. The van der Waals surface area contributed by atoms with Gasteiger partial charge in [0, 0.05) is 23.9 Å². The predicted octanol–water partition coefficient (Wildman–Crippen LogP) is 4.74. The van der Waals surface area contributed by atoms with Crippen LogP contribution in [0.4, 0.5) is 0 Å². The standard InChI is InChI=1S/C23H26BrN5O/c1-3-28(4-2)14-13-22(30)29-21(23-25-18-7-5-6-8-19(18)26-23)15-20(27-29)16-9-11-17(24)12-10-16/h5-12,21H,3-4,13-15H2,1-2H3,(H,25,26)/t21-/m1/s1. The van der Waals surface area contributed by atoms with Crippen LogP contribution in [0.15, 0.2) is 58.1 Å². The van der Waals surface area contributed by atoms with Crippen LogP contribution in [0.5, 0.6) is 0 Å². The number of carbonyl (C=O) groups excluding carboxylic acids is 1. The number of amides is 1. The highest BCUT2D eigenvalue weighted by Gasteiger charge is 2.35. The smallest absolute Gasteiger partial charge is 0.244 e. The predicted molar refractivity (Wildman–Crippen MR) is 123 cm³/mol. The van der Waals surface area contributed by atoms with E-state index in [1.54, 1.807) is 5.01 Å². The van der Waals surface area contributed by atoms with Crippen molar-refractivity contribution in [3.05, 3.63) is 64.4 Å². The quantitative estimate of drug-likeness (QED) is 0.545. The lowest BCUT2D eigenvalue weighted by Crippen LogP contribution is -2.32. The summed E-state index contributed by atoms with van der Waals surface area (Å²) in [6.07, 6.45) is 1.08. The number of carbonyl (C=O) groups is 1. The van der Waals surface area contributed by atoms with Gasteiger partial charge in [0.2, 0.25) is 5.91 Å². The number of hydrogen-bond acceptors (Lipinski definition) is 4. The van der Waals surface area contributed by atoms with Gasteiger partial charge < -0.3 is 9.88 Å². The number of fused-ring (bicyclic) bond motifs is 1. The number of H-pyrrole nitrogens is 1. The Balaban J connectivity index is 1.63. The van der Waals surface area contributed by atoms with Crippen LogP contribution in [0.2, 0.25) is 0 Å². The van der Waals surface area contributed by atoms with E-state index < -0.39 is 0 Å². The van der Waals surface area contributed by atoms with Crippen molar-refractivity contribution < 1.29 is 4.79 Å². The molecule has 0 saturated heterocycles. The Morgan fingerprint density at radius 1 is 1.17 bits per heavy atom. The van der Waals surface area contributed by atoms with Crippen LogP contribution >= 0.6 is 15.9 Å². The lowest BCUT2D eigenvalue weighted by molar-refractivity contribution is -0.133. The van der Waals surface area contributed by atoms with Crippen LogP contribution in [0, 0.1) is 0 Å². The number of nitrogens with one attached hydrogen (secondary N) is 1. The van der Waals surface area contributed by atoms with Gasteiger partial charge >= 0.3 is 0 Å². The summed E-state index contributed by atoms with van der Waals surface area (Å²) in [4.78, 5) is 23.6. The maximum absolute atomic E-state index is 13.2. The SMILES string of the molecule is CCN(CC)CCC(=O)N1N=C(c2ccc(Br)cc2)C[C@@H]1c1nc2ccccc2[nH]1. The third-order valence-corrected chi connectivity index (χ3v) is 6.13. The molecule has 0 spiro atoms. The monoisotopic (exact) mass is 467 g/mol. The minimum absolute atomic E-state index is 0.0273. The molecule has 0 bridgehead atoms. The van der Waals surface area contributed by atoms with Crippen LogP contribution in [-0.2, 0) is 4.79 Å². The third kappa shape index (κ3) is 4.32. The second-order valence-electron chi connectivity index (χ2n) is 7.43. The molecule has 1 atom stereocenters. The molecule has 4 rings (SSSR count). The van der Waals surface area contributed by atoms with Crippen LogP contribution in [0.25, 0.3) is 11.0 Å². The third-order valence-electron chi connectivity index (χ3n) is 5.60. The van der Waals surface area contributed by atoms with Gasteiger partial charge in [-0.15, -0.1) is 0 Å². The van der Waals surface area contributed by atoms with Crippen molar-refractivity contribution in [2.75, 3.05) is 19.6 Å². The molecule has 6 nitrogen and oxygen atoms in total. The molecule has 0 saturated carbocycles. The normalized spacial score (nSPS) is 16.5. The summed E-state index contributed by atoms with van der Waals surface area (Å²) < 4.78 is 1.02. The molecule has 1 amide bonds. The first-order valence-electron chi connectivity index (χ1n) is 10.4. The van der Waals surface area contributed by atoms with Gasteiger partial charge in [0.05, 0.1) is 16.7 Å². The fourth-order valence-electron chi connectivity index (χ4n) is 3.81. The Kier molecular flexibility index (Phi) is 6.29. The number of hydrogen-bond donors (Lipinski definition) is 1. The van der Waals surface area contributed by atoms with Crippen molar-refractivity contribution >= 4 is 38.6 Å². The number of imidazole rings is 1. The fourth-order valence-corrected chi connectivity index (χ4v) is 4.07. The highest BCUT2D eigenvalue weighted by molar-refractivity contribution is 9.10. The Labute approximate surface area is 185 Å². The Morgan fingerprint density at radius 2 is 1.90 bits per heavy atom. The summed E-state index contributed by atoms with van der Waals surface area (Å²) in [5.41, 5.74) is 3.81. The maximum atomic E-state index is 13.2. The average molecular weight is 468 g/mol. The van der Waals surface area contributed by atoms with Crippen molar-refractivity contribution in [3.63, 3.8) is 0 Å². The fraction of sp³-hybridized carbons (Fsp3) is 0.348. The summed E-state index contributed by atoms with van der Waals surface area (Å²) >= 11 is 3.48. The van der Waals surface area contributed by atoms with Crippen molar-refractivity contribution in [1.82, 2.24) is 19.9 Å². The van der Waals surface area contributed by atoms with Gasteiger partial charge in [-0.2, -0.15) is 5.10 Å². The van der Waals surface area contributed by atoms with E-state index in [2.05, 4.69) is 39.7 Å². The largest absolute Gasteiger partial charge is 0.340 e. The van der Waals surface area contributed by atoms with Gasteiger partial charge in [0.1, 0.15) is 11.9 Å². The zero-order valence-corrected chi connectivity index (χ0v) is 18.9. The highest BCUT2D eigenvalue weighted by atomic mass is 79.9. The molecule has 2 aromatic carbocycles. The average Bonchev–Trinajstić information content (AvgIpc) is 3.39. The molecule has 1 N–H and O–H groups in total. The van der Waals surface area contributed by atoms with Gasteiger partial charge in [-0.1, -0.05) is 54.0 Å². The summed E-state index contributed by atoms with van der Waals surface area (Å²) in [6.45, 7) is 6.84. The van der Waals surface area contributed by atoms with Gasteiger partial charge in [0.25, 0.3) is 0 Å². The molecule has 1 aromatic heterocycles. The van der Waals surface area contributed by atoms with Gasteiger partial charge in [-0.25, -0.2) is 9.99 Å². The second kappa shape index (κ2) is 9.10. The lowest BCUT2D eigenvalue weighted by Gasteiger charge is -2.22. The van der Waals surface area contributed by atoms with E-state index in [4.69, 9.17) is 10.1 Å². The lowest BCUT2D eigenvalue weighted by atomic mass is 10.0. The molecule has 0 radical (unpaired) electrons. The Morgan fingerprint density at radius 3 is 2.60 bits per heavy atom. The highest BCUT2D eigenvalue weighted by Crippen LogP contribution is 2.33. The van der Waals surface area contributed by atoms with E-state index in [1.807, 2.05) is 48.5 Å². The number of nitrogens with zero attached hydrogens (tertiary/aromatic N) is 4. The van der Waals surface area contributed by atoms with Gasteiger partial charge in [-0.3, -0.25) is 4.79 Å². The maximum Gasteiger partial charge on any atom is 0.244 e. The summed E-state index contributed by atoms with van der Waals surface area (Å²) in [6, 6.07) is 15.8. The molecule has 3 aromatic rings. The van der Waals surface area contributed by atoms with Crippen molar-refractivity contribution in [3.8, 4) is 0 Å². The van der Waals surface area contributed by atoms with E-state index in [1.165, 1.54) is 0 Å². The van der Waals surface area contributed by atoms with Gasteiger partial charge in [0.15, 0.2) is 0 Å². The Hall–Kier alpha value is -2.51. The molecular weight excluding hydrogens is 442 g/mol. The van der Waals surface area contributed by atoms with E-state index in [0.717, 1.165) is 52.2 Å². The number of aromatic nitrogens is 2. The summed E-state index contributed by atoms with van der Waals surface area (Å²) in [5, 5.41) is 6.39. The molecule has 2 heterocycles. The molecule has 30 heavy (non-hydrogen) atoms. The van der Waals surface area contributed by atoms with E-state index in [9.17, 15) is 4.79 Å². The number of halogens is 1. The van der Waals surface area contributed by atoms with E-state index in [0.29, 0.717) is 12.8 Å². The number of rotatable bonds is 7. The number of benzene rings is 2. The molecule has 0 fully saturated rings. The minimum Gasteiger partial charge on any atom is -0.340 e. The molecule has 0 unspecified atom stereocenters. The van der Waals surface area contributed by atoms with Crippen molar-refractivity contribution in [1.29, 1.82) is 0 Å². The summed E-state index contributed by atoms with van der Waals surface area (Å²) in [5.74, 6) is 0.808. The van der Waals surface area contributed by atoms with E-state index >= 15 is 0 Å². The molecule has 156 valence electrons. The van der Waals surface area contributed by atoms with Gasteiger partial charge in [-0.05, 0) is 42.9 Å². The number of para-hydroxylation sites is 2. The first kappa shape index (κ1) is 20.8. The van der Waals surface area contributed by atoms with Crippen LogP contribution in [0.3, 0.4) is 0 Å². The molecule has 7 heteroatoms. The second-order valence-corrected chi connectivity index (χ2v) is 8.34. The zero-order chi connectivity index (χ0) is 21.1. The first-order valence-corrected chi connectivity index (χ1v) is 11.2. The van der Waals surface area contributed by atoms with Crippen LogP contribution < -0.4 is 0 Å². The number of hydrazone groups is 1. The topological polar surface area (TPSA) is 64.6 Å².